The van der Waals surface area contributed by atoms with Gasteiger partial charge in [0.15, 0.2) is 5.75 Å². The first-order valence-electron chi connectivity index (χ1n) is 2.64. The molecule has 0 saturated carbocycles. The van der Waals surface area contributed by atoms with Crippen molar-refractivity contribution in [3.05, 3.63) is 18.7 Å². The summed E-state index contributed by atoms with van der Waals surface area (Å²) in [5, 5.41) is 0. The lowest BCUT2D eigenvalue weighted by Gasteiger charge is -1.99. The Labute approximate surface area is 73.6 Å². The van der Waals surface area contributed by atoms with E-state index in [1.54, 1.807) is 0 Å². The molecule has 0 saturated heterocycles. The van der Waals surface area contributed by atoms with Gasteiger partial charge in [0.2, 0.25) is 0 Å². The molecule has 1 aromatic rings. The maximum absolute atomic E-state index is 10.5. The molecule has 0 aliphatic rings. The molecule has 6 nitrogen and oxygen atoms in total. The molecule has 0 spiro atoms. The van der Waals surface area contributed by atoms with Crippen LogP contribution in [0.1, 0.15) is 0 Å². The van der Waals surface area contributed by atoms with E-state index in [0.717, 1.165) is 12.4 Å². The Morgan fingerprint density at radius 2 is 1.92 bits per heavy atom. The van der Waals surface area contributed by atoms with Gasteiger partial charge in [0.25, 0.3) is 0 Å². The molecule has 12 heavy (non-hydrogen) atoms. The molecule has 0 amide bonds. The molecule has 66 valence electrons. The molecular formula is C4H3ClN2O4S. The highest BCUT2D eigenvalue weighted by atomic mass is 35.5. The molecule has 0 atom stereocenters. The molecule has 0 aliphatic carbocycles. The summed E-state index contributed by atoms with van der Waals surface area (Å²) in [7, 11) is -4.19. The van der Waals surface area contributed by atoms with Gasteiger partial charge in [-0.3, -0.25) is 0 Å². The molecule has 0 unspecified atom stereocenters. The number of rotatable bonds is 3. The minimum absolute atomic E-state index is 0.0712. The fourth-order valence-electron chi connectivity index (χ4n) is 0.459. The van der Waals surface area contributed by atoms with Crippen LogP contribution in [0.2, 0.25) is 0 Å². The summed E-state index contributed by atoms with van der Waals surface area (Å²) in [6.45, 7) is 0. The second kappa shape index (κ2) is 3.65. The molecule has 1 heterocycles. The minimum Gasteiger partial charge on any atom is -0.357 e. The van der Waals surface area contributed by atoms with E-state index in [-0.39, 0.29) is 5.75 Å². The number of halogens is 1. The van der Waals surface area contributed by atoms with Crippen molar-refractivity contribution in [2.45, 2.75) is 0 Å². The summed E-state index contributed by atoms with van der Waals surface area (Å²) in [4.78, 5) is 7.01. The molecule has 0 radical (unpaired) electrons. The van der Waals surface area contributed by atoms with Gasteiger partial charge in [-0.2, -0.15) is 8.42 Å². The van der Waals surface area contributed by atoms with E-state index in [0.29, 0.717) is 0 Å². The molecule has 1 rings (SSSR count). The Balaban J connectivity index is 2.78. The first-order chi connectivity index (χ1) is 5.64. The fourth-order valence-corrected chi connectivity index (χ4v) is 0.884. The maximum atomic E-state index is 10.5. The third-order valence-corrected chi connectivity index (χ3v) is 1.83. The fraction of sp³-hybridized carbons (Fsp3) is 0. The molecule has 0 aliphatic heterocycles. The zero-order valence-corrected chi connectivity index (χ0v) is 7.12. The number of aromatic nitrogens is 2. The van der Waals surface area contributed by atoms with Gasteiger partial charge in [0, 0.05) is 0 Å². The first kappa shape index (κ1) is 9.17. The second-order valence-electron chi connectivity index (χ2n) is 1.63. The van der Waals surface area contributed by atoms with E-state index < -0.39 is 10.4 Å². The summed E-state index contributed by atoms with van der Waals surface area (Å²) >= 11 is 4.59. The summed E-state index contributed by atoms with van der Waals surface area (Å²) in [6, 6.07) is 0. The van der Waals surface area contributed by atoms with Crippen LogP contribution in [-0.2, 0) is 14.1 Å². The van der Waals surface area contributed by atoms with Crippen LogP contribution >= 0.6 is 11.9 Å². The smallest absolute Gasteiger partial charge is 0.357 e. The van der Waals surface area contributed by atoms with Crippen molar-refractivity contribution in [3.8, 4) is 5.75 Å². The summed E-state index contributed by atoms with van der Waals surface area (Å²) in [5.41, 5.74) is 0. The predicted octanol–water partition coefficient (Wildman–Crippen LogP) is 0.271. The molecule has 1 aromatic heterocycles. The third-order valence-electron chi connectivity index (χ3n) is 0.812. The maximum Gasteiger partial charge on any atom is 0.465 e. The van der Waals surface area contributed by atoms with Crippen molar-refractivity contribution in [2.75, 3.05) is 0 Å². The van der Waals surface area contributed by atoms with E-state index >= 15 is 0 Å². The van der Waals surface area contributed by atoms with Gasteiger partial charge < -0.3 is 4.18 Å². The molecule has 0 bridgehead atoms. The standard InChI is InChI=1S/C4H3ClN2O4S/c5-11-12(8,9)10-4-1-6-3-7-2-4/h1-3H. The van der Waals surface area contributed by atoms with Gasteiger partial charge in [-0.1, -0.05) is 0 Å². The molecular weight excluding hydrogens is 208 g/mol. The zero-order valence-electron chi connectivity index (χ0n) is 5.55. The van der Waals surface area contributed by atoms with E-state index in [4.69, 9.17) is 0 Å². The van der Waals surface area contributed by atoms with E-state index in [2.05, 4.69) is 29.8 Å². The van der Waals surface area contributed by atoms with Crippen LogP contribution in [0.5, 0.6) is 5.75 Å². The van der Waals surface area contributed by atoms with E-state index in [9.17, 15) is 8.42 Å². The molecule has 0 aromatic carbocycles. The van der Waals surface area contributed by atoms with Gasteiger partial charge >= 0.3 is 10.4 Å². The highest BCUT2D eigenvalue weighted by molar-refractivity contribution is 7.82. The Kier molecular flexibility index (Phi) is 2.79. The van der Waals surface area contributed by atoms with Gasteiger partial charge in [-0.15, -0.1) is 3.74 Å². The van der Waals surface area contributed by atoms with E-state index in [1.165, 1.54) is 6.33 Å². The monoisotopic (exact) mass is 210 g/mol. The van der Waals surface area contributed by atoms with Crippen LogP contribution in [-0.4, -0.2) is 18.4 Å². The molecule has 0 fully saturated rings. The predicted molar refractivity (Wildman–Crippen MR) is 38.5 cm³/mol. The van der Waals surface area contributed by atoms with Crippen molar-refractivity contribution in [1.82, 2.24) is 9.97 Å². The van der Waals surface area contributed by atoms with Crippen LogP contribution in [0.15, 0.2) is 18.7 Å². The van der Waals surface area contributed by atoms with E-state index in [1.807, 2.05) is 0 Å². The van der Waals surface area contributed by atoms with Crippen molar-refractivity contribution in [3.63, 3.8) is 0 Å². The Bertz CT molecular complexity index is 339. The normalized spacial score (nSPS) is 11.1. The third kappa shape index (κ3) is 2.61. The van der Waals surface area contributed by atoms with Crippen LogP contribution in [0, 0.1) is 0 Å². The van der Waals surface area contributed by atoms with Crippen LogP contribution in [0.3, 0.4) is 0 Å². The van der Waals surface area contributed by atoms with Gasteiger partial charge in [-0.25, -0.2) is 9.97 Å². The Morgan fingerprint density at radius 1 is 1.33 bits per heavy atom. The van der Waals surface area contributed by atoms with Crippen molar-refractivity contribution < 1.29 is 16.3 Å². The number of hydrogen-bond acceptors (Lipinski definition) is 6. The van der Waals surface area contributed by atoms with Crippen molar-refractivity contribution >= 4 is 22.3 Å². The largest absolute Gasteiger partial charge is 0.465 e. The lowest BCUT2D eigenvalue weighted by Crippen LogP contribution is -2.08. The van der Waals surface area contributed by atoms with Gasteiger partial charge in [-0.05, 0) is 0 Å². The van der Waals surface area contributed by atoms with Gasteiger partial charge in [0.1, 0.15) is 6.33 Å². The first-order valence-corrected chi connectivity index (χ1v) is 4.28. The SMILES string of the molecule is O=S(=O)(OCl)Oc1cncnc1. The zero-order chi connectivity index (χ0) is 9.03. The average Bonchev–Trinajstić information content (AvgIpc) is 2.06. The van der Waals surface area contributed by atoms with Crippen LogP contribution in [0.4, 0.5) is 0 Å². The highest BCUT2D eigenvalue weighted by Crippen LogP contribution is 2.09. The molecule has 8 heteroatoms. The van der Waals surface area contributed by atoms with Gasteiger partial charge in [0.05, 0.1) is 24.3 Å². The molecule has 0 N–H and O–H groups in total. The average molecular weight is 211 g/mol. The van der Waals surface area contributed by atoms with Crippen molar-refractivity contribution in [1.29, 1.82) is 0 Å². The Morgan fingerprint density at radius 3 is 2.42 bits per heavy atom. The van der Waals surface area contributed by atoms with Crippen LogP contribution in [0.25, 0.3) is 0 Å². The minimum atomic E-state index is -4.19. The Hall–Kier alpha value is -0.920. The quantitative estimate of drug-likeness (QED) is 0.713. The lowest BCUT2D eigenvalue weighted by atomic mass is 10.6. The highest BCUT2D eigenvalue weighted by Gasteiger charge is 2.12. The van der Waals surface area contributed by atoms with Crippen molar-refractivity contribution in [2.24, 2.45) is 0 Å². The lowest BCUT2D eigenvalue weighted by molar-refractivity contribution is 0.405. The van der Waals surface area contributed by atoms with Crippen LogP contribution < -0.4 is 4.18 Å². The summed E-state index contributed by atoms with van der Waals surface area (Å²) in [6.07, 6.45) is 3.53. The number of hydrogen-bond donors (Lipinski definition) is 0. The second-order valence-corrected chi connectivity index (χ2v) is 3.12. The summed E-state index contributed by atoms with van der Waals surface area (Å²) < 4.78 is 28.8. The number of nitrogens with zero attached hydrogens (tertiary/aromatic N) is 2. The topological polar surface area (TPSA) is 78.4 Å². The summed E-state index contributed by atoms with van der Waals surface area (Å²) in [5.74, 6) is -0.0712.